The third-order valence-corrected chi connectivity index (χ3v) is 4.81. The number of rotatable bonds is 5. The average Bonchev–Trinajstić information content (AvgIpc) is 3.31. The molecule has 1 saturated carbocycles. The molecular weight excluding hydrogens is 272 g/mol. The molecule has 2 fully saturated rings. The van der Waals surface area contributed by atoms with E-state index in [1.54, 1.807) is 7.11 Å². The first-order chi connectivity index (χ1) is 9.78. The van der Waals surface area contributed by atoms with E-state index in [-0.39, 0.29) is 0 Å². The van der Waals surface area contributed by atoms with Gasteiger partial charge in [0.1, 0.15) is 5.75 Å². The predicted molar refractivity (Wildman–Crippen MR) is 82.5 cm³/mol. The Morgan fingerprint density at radius 2 is 2.00 bits per heavy atom. The van der Waals surface area contributed by atoms with Crippen LogP contribution in [0.3, 0.4) is 0 Å². The van der Waals surface area contributed by atoms with Crippen LogP contribution in [0.25, 0.3) is 0 Å². The Balaban J connectivity index is 1.52. The Hall–Kier alpha value is -0.770. The van der Waals surface area contributed by atoms with Crippen molar-refractivity contribution in [2.24, 2.45) is 0 Å². The highest BCUT2D eigenvalue weighted by molar-refractivity contribution is 6.31. The molecule has 4 heteroatoms. The molecule has 0 aromatic heterocycles. The van der Waals surface area contributed by atoms with Crippen LogP contribution < -0.4 is 10.1 Å². The fourth-order valence-corrected chi connectivity index (χ4v) is 3.29. The van der Waals surface area contributed by atoms with Gasteiger partial charge >= 0.3 is 0 Å². The third kappa shape index (κ3) is 3.27. The molecule has 1 aromatic rings. The van der Waals surface area contributed by atoms with Crippen molar-refractivity contribution in [3.8, 4) is 5.75 Å². The topological polar surface area (TPSA) is 24.5 Å². The van der Waals surface area contributed by atoms with E-state index in [2.05, 4.69) is 10.2 Å². The maximum atomic E-state index is 6.27. The van der Waals surface area contributed by atoms with E-state index >= 15 is 0 Å². The van der Waals surface area contributed by atoms with E-state index in [0.29, 0.717) is 6.04 Å². The minimum Gasteiger partial charge on any atom is -0.496 e. The van der Waals surface area contributed by atoms with Gasteiger partial charge in [-0.2, -0.15) is 0 Å². The van der Waals surface area contributed by atoms with Crippen molar-refractivity contribution in [2.75, 3.05) is 20.2 Å². The van der Waals surface area contributed by atoms with E-state index in [1.165, 1.54) is 38.8 Å². The molecule has 0 bridgehead atoms. The molecule has 1 aliphatic carbocycles. The lowest BCUT2D eigenvalue weighted by Gasteiger charge is -2.32. The fraction of sp³-hybridized carbons (Fsp3) is 0.625. The zero-order chi connectivity index (χ0) is 13.9. The molecular formula is C16H23ClN2O. The highest BCUT2D eigenvalue weighted by atomic mass is 35.5. The molecule has 1 N–H and O–H groups in total. The van der Waals surface area contributed by atoms with Crippen LogP contribution in [-0.4, -0.2) is 37.2 Å². The van der Waals surface area contributed by atoms with Gasteiger partial charge in [0, 0.05) is 29.2 Å². The number of ether oxygens (including phenoxy) is 1. The lowest BCUT2D eigenvalue weighted by atomic mass is 10.0. The summed E-state index contributed by atoms with van der Waals surface area (Å²) in [4.78, 5) is 2.65. The van der Waals surface area contributed by atoms with E-state index in [1.807, 2.05) is 18.2 Å². The number of likely N-dealkylation sites (tertiary alicyclic amines) is 1. The van der Waals surface area contributed by atoms with Crippen molar-refractivity contribution in [3.63, 3.8) is 0 Å². The van der Waals surface area contributed by atoms with Gasteiger partial charge in [0.05, 0.1) is 7.11 Å². The second-order valence-corrected chi connectivity index (χ2v) is 6.25. The highest BCUT2D eigenvalue weighted by Crippen LogP contribution is 2.30. The summed E-state index contributed by atoms with van der Waals surface area (Å²) >= 11 is 6.27. The van der Waals surface area contributed by atoms with E-state index in [9.17, 15) is 0 Å². The molecule has 1 aromatic carbocycles. The van der Waals surface area contributed by atoms with Crippen LogP contribution >= 0.6 is 11.6 Å². The molecule has 1 heterocycles. The van der Waals surface area contributed by atoms with E-state index in [4.69, 9.17) is 16.3 Å². The molecule has 0 radical (unpaired) electrons. The van der Waals surface area contributed by atoms with Crippen LogP contribution in [-0.2, 0) is 6.54 Å². The second kappa shape index (κ2) is 6.33. The van der Waals surface area contributed by atoms with Gasteiger partial charge < -0.3 is 15.0 Å². The first kappa shape index (κ1) is 14.2. The number of hydrogen-bond acceptors (Lipinski definition) is 3. The highest BCUT2D eigenvalue weighted by Gasteiger charge is 2.31. The van der Waals surface area contributed by atoms with Crippen LogP contribution in [0, 0.1) is 0 Å². The molecule has 0 unspecified atom stereocenters. The van der Waals surface area contributed by atoms with Crippen molar-refractivity contribution in [3.05, 3.63) is 28.8 Å². The summed E-state index contributed by atoms with van der Waals surface area (Å²) < 4.78 is 5.39. The van der Waals surface area contributed by atoms with Crippen molar-refractivity contribution in [2.45, 2.75) is 44.3 Å². The molecule has 0 amide bonds. The lowest BCUT2D eigenvalue weighted by Crippen LogP contribution is -2.43. The molecule has 0 atom stereocenters. The van der Waals surface area contributed by atoms with Crippen LogP contribution in [0.1, 0.15) is 31.2 Å². The summed E-state index contributed by atoms with van der Waals surface area (Å²) in [7, 11) is 1.70. The summed E-state index contributed by atoms with van der Waals surface area (Å²) in [5, 5.41) is 4.43. The Kier molecular flexibility index (Phi) is 4.49. The number of hydrogen-bond donors (Lipinski definition) is 1. The lowest BCUT2D eigenvalue weighted by molar-refractivity contribution is 0.189. The number of nitrogens with one attached hydrogen (secondary N) is 1. The number of methoxy groups -OCH3 is 1. The van der Waals surface area contributed by atoms with Gasteiger partial charge in [0.15, 0.2) is 0 Å². The number of benzene rings is 1. The first-order valence-corrected chi connectivity index (χ1v) is 7.94. The van der Waals surface area contributed by atoms with Gasteiger partial charge in [-0.05, 0) is 50.9 Å². The monoisotopic (exact) mass is 294 g/mol. The molecule has 20 heavy (non-hydrogen) atoms. The van der Waals surface area contributed by atoms with Gasteiger partial charge in [-0.1, -0.05) is 17.7 Å². The van der Waals surface area contributed by atoms with Crippen molar-refractivity contribution < 1.29 is 4.74 Å². The number of halogens is 1. The number of piperidine rings is 1. The van der Waals surface area contributed by atoms with Crippen molar-refractivity contribution in [1.29, 1.82) is 0 Å². The molecule has 3 nitrogen and oxygen atoms in total. The van der Waals surface area contributed by atoms with Crippen LogP contribution in [0.15, 0.2) is 18.2 Å². The van der Waals surface area contributed by atoms with Gasteiger partial charge in [-0.15, -0.1) is 0 Å². The van der Waals surface area contributed by atoms with Crippen molar-refractivity contribution >= 4 is 11.6 Å². The standard InChI is InChI=1S/C16H23ClN2O/c1-20-16-4-2-3-15(17)14(16)11-18-12-7-9-19(10-8-12)13-5-6-13/h2-4,12-13,18H,5-11H2,1H3. The molecule has 3 rings (SSSR count). The van der Waals surface area contributed by atoms with Gasteiger partial charge in [-0.3, -0.25) is 0 Å². The summed E-state index contributed by atoms with van der Waals surface area (Å²) in [6.45, 7) is 3.26. The normalized spacial score (nSPS) is 21.1. The quantitative estimate of drug-likeness (QED) is 0.903. The molecule has 0 spiro atoms. The summed E-state index contributed by atoms with van der Waals surface area (Å²) in [5.41, 5.74) is 1.07. The predicted octanol–water partition coefficient (Wildman–Crippen LogP) is 3.07. The van der Waals surface area contributed by atoms with Gasteiger partial charge in [-0.25, -0.2) is 0 Å². The summed E-state index contributed by atoms with van der Waals surface area (Å²) in [6.07, 6.45) is 5.30. The largest absolute Gasteiger partial charge is 0.496 e. The minimum atomic E-state index is 0.603. The van der Waals surface area contributed by atoms with Crippen LogP contribution in [0.5, 0.6) is 5.75 Å². The fourth-order valence-electron chi connectivity index (χ4n) is 3.06. The minimum absolute atomic E-state index is 0.603. The van der Waals surface area contributed by atoms with E-state index in [0.717, 1.165) is 28.9 Å². The molecule has 1 aliphatic heterocycles. The Labute approximate surface area is 126 Å². The zero-order valence-electron chi connectivity index (χ0n) is 12.1. The maximum Gasteiger partial charge on any atom is 0.124 e. The first-order valence-electron chi connectivity index (χ1n) is 7.56. The Morgan fingerprint density at radius 1 is 1.25 bits per heavy atom. The van der Waals surface area contributed by atoms with Crippen LogP contribution in [0.2, 0.25) is 5.02 Å². The zero-order valence-corrected chi connectivity index (χ0v) is 12.8. The smallest absolute Gasteiger partial charge is 0.124 e. The van der Waals surface area contributed by atoms with Gasteiger partial charge in [0.25, 0.3) is 0 Å². The summed E-state index contributed by atoms with van der Waals surface area (Å²) in [5.74, 6) is 0.875. The Bertz CT molecular complexity index is 454. The third-order valence-electron chi connectivity index (χ3n) is 4.46. The molecule has 110 valence electrons. The summed E-state index contributed by atoms with van der Waals surface area (Å²) in [6, 6.07) is 7.33. The Morgan fingerprint density at radius 3 is 2.65 bits per heavy atom. The maximum absolute atomic E-state index is 6.27. The number of nitrogens with zero attached hydrogens (tertiary/aromatic N) is 1. The second-order valence-electron chi connectivity index (χ2n) is 5.84. The molecule has 2 aliphatic rings. The SMILES string of the molecule is COc1cccc(Cl)c1CNC1CCN(C2CC2)CC1. The molecule has 1 saturated heterocycles. The van der Waals surface area contributed by atoms with Crippen LogP contribution in [0.4, 0.5) is 0 Å². The van der Waals surface area contributed by atoms with Crippen molar-refractivity contribution in [1.82, 2.24) is 10.2 Å². The van der Waals surface area contributed by atoms with Gasteiger partial charge in [0.2, 0.25) is 0 Å². The van der Waals surface area contributed by atoms with E-state index < -0.39 is 0 Å². The average molecular weight is 295 g/mol.